The number of hydrogen-bond acceptors (Lipinski definition) is 2. The van der Waals surface area contributed by atoms with Gasteiger partial charge < -0.3 is 10.8 Å². The fourth-order valence-electron chi connectivity index (χ4n) is 1.30. The Balaban J connectivity index is 0.000000134. The van der Waals surface area contributed by atoms with Gasteiger partial charge in [-0.25, -0.2) is 4.79 Å². The maximum atomic E-state index is 10.3. The predicted molar refractivity (Wildman–Crippen MR) is 63.2 cm³/mol. The van der Waals surface area contributed by atoms with Crippen LogP contribution in [0.2, 0.25) is 0 Å². The lowest BCUT2D eigenvalue weighted by Gasteiger charge is -1.93. The summed E-state index contributed by atoms with van der Waals surface area (Å²) in [6.07, 6.45) is 0. The van der Waals surface area contributed by atoms with Crippen LogP contribution in [0, 0.1) is 0 Å². The Hall–Kier alpha value is -2.29. The van der Waals surface area contributed by atoms with Crippen LogP contribution in [0.1, 0.15) is 10.4 Å². The molecular formula is C13H11NO2. The van der Waals surface area contributed by atoms with Crippen LogP contribution >= 0.6 is 0 Å². The summed E-state index contributed by atoms with van der Waals surface area (Å²) < 4.78 is 0. The number of anilines is 1. The Labute approximate surface area is 93.1 Å². The van der Waals surface area contributed by atoms with Crippen LogP contribution in [0.5, 0.6) is 0 Å². The zero-order valence-corrected chi connectivity index (χ0v) is 8.55. The van der Waals surface area contributed by atoms with Crippen molar-refractivity contribution in [3.8, 4) is 11.1 Å². The fraction of sp³-hybridized carbons (Fsp3) is 0. The topological polar surface area (TPSA) is 63.3 Å². The van der Waals surface area contributed by atoms with Gasteiger partial charge in [0.2, 0.25) is 0 Å². The van der Waals surface area contributed by atoms with Crippen LogP contribution in [-0.4, -0.2) is 11.1 Å². The van der Waals surface area contributed by atoms with Crippen LogP contribution in [-0.2, 0) is 0 Å². The number of aromatic carboxylic acids is 1. The van der Waals surface area contributed by atoms with Gasteiger partial charge in [-0.2, -0.15) is 0 Å². The zero-order chi connectivity index (χ0) is 11.5. The molecule has 0 fully saturated rings. The van der Waals surface area contributed by atoms with Gasteiger partial charge in [-0.15, -0.1) is 0 Å². The van der Waals surface area contributed by atoms with Gasteiger partial charge in [-0.1, -0.05) is 18.2 Å². The second-order valence-electron chi connectivity index (χ2n) is 3.51. The van der Waals surface area contributed by atoms with E-state index in [-0.39, 0.29) is 5.56 Å². The first kappa shape index (κ1) is 10.2. The Morgan fingerprint density at radius 2 is 1.56 bits per heavy atom. The molecule has 0 amide bonds. The molecule has 1 aromatic carbocycles. The standard InChI is InChI=1S/C7H7NO2.C6H4/c8-6-3-1-5(2-4-6)7(9)10;1-2-5-4-6(5)3-1/h1-4H,8H2,(H,9,10);1-4H. The van der Waals surface area contributed by atoms with Crippen LogP contribution in [0.25, 0.3) is 11.1 Å². The van der Waals surface area contributed by atoms with Gasteiger partial charge >= 0.3 is 5.97 Å². The molecule has 3 heteroatoms. The van der Waals surface area contributed by atoms with E-state index >= 15 is 0 Å². The first-order chi connectivity index (χ1) is 7.66. The van der Waals surface area contributed by atoms with Crippen LogP contribution in [0.3, 0.4) is 0 Å². The minimum atomic E-state index is -0.931. The highest BCUT2D eigenvalue weighted by atomic mass is 16.4. The summed E-state index contributed by atoms with van der Waals surface area (Å²) in [5, 5.41) is 8.43. The largest absolute Gasteiger partial charge is 0.478 e. The van der Waals surface area contributed by atoms with Gasteiger partial charge in [0.15, 0.2) is 0 Å². The first-order valence-corrected chi connectivity index (χ1v) is 4.86. The van der Waals surface area contributed by atoms with Gasteiger partial charge in [0.05, 0.1) is 5.56 Å². The molecule has 0 saturated carbocycles. The van der Waals surface area contributed by atoms with Crippen molar-refractivity contribution in [2.24, 2.45) is 0 Å². The maximum absolute atomic E-state index is 10.3. The summed E-state index contributed by atoms with van der Waals surface area (Å²) in [7, 11) is 0. The minimum absolute atomic E-state index is 0.259. The lowest BCUT2D eigenvalue weighted by molar-refractivity contribution is 0.0697. The van der Waals surface area contributed by atoms with E-state index in [1.807, 2.05) is 0 Å². The van der Waals surface area contributed by atoms with Crippen molar-refractivity contribution in [3.05, 3.63) is 54.1 Å². The fourth-order valence-corrected chi connectivity index (χ4v) is 1.30. The van der Waals surface area contributed by atoms with E-state index in [1.54, 1.807) is 12.1 Å². The lowest BCUT2D eigenvalue weighted by Crippen LogP contribution is -1.95. The van der Waals surface area contributed by atoms with Gasteiger partial charge in [0.1, 0.15) is 0 Å². The van der Waals surface area contributed by atoms with Crippen molar-refractivity contribution in [2.45, 2.75) is 0 Å². The number of hydrogen-bond donors (Lipinski definition) is 2. The van der Waals surface area contributed by atoms with Crippen molar-refractivity contribution in [1.82, 2.24) is 0 Å². The smallest absolute Gasteiger partial charge is 0.335 e. The highest BCUT2D eigenvalue weighted by Gasteiger charge is 2.06. The Kier molecular flexibility index (Phi) is 2.60. The monoisotopic (exact) mass is 213 g/mol. The second kappa shape index (κ2) is 4.06. The number of rotatable bonds is 1. The van der Waals surface area contributed by atoms with Crippen LogP contribution in [0.4, 0.5) is 5.69 Å². The number of carboxylic acids is 1. The highest BCUT2D eigenvalue weighted by Crippen LogP contribution is 2.32. The van der Waals surface area contributed by atoms with E-state index in [2.05, 4.69) is 24.3 Å². The molecule has 0 saturated heterocycles. The molecule has 0 bridgehead atoms. The van der Waals surface area contributed by atoms with Crippen molar-refractivity contribution in [3.63, 3.8) is 0 Å². The van der Waals surface area contributed by atoms with Gasteiger partial charge in [0, 0.05) is 5.69 Å². The summed E-state index contributed by atoms with van der Waals surface area (Å²) in [6.45, 7) is 0. The average Bonchev–Trinajstić information content (AvgIpc) is 2.87. The number of carbonyl (C=O) groups is 1. The van der Waals surface area contributed by atoms with Gasteiger partial charge in [-0.05, 0) is 41.5 Å². The SMILES string of the molecule is Nc1ccc(C(=O)O)cc1.c1cc2cc-2c1. The molecule has 2 aliphatic rings. The zero-order valence-electron chi connectivity index (χ0n) is 8.55. The van der Waals surface area contributed by atoms with Gasteiger partial charge in [-0.3, -0.25) is 0 Å². The molecule has 3 rings (SSSR count). The average molecular weight is 213 g/mol. The Bertz CT molecular complexity index is 500. The quantitative estimate of drug-likeness (QED) is 0.611. The van der Waals surface area contributed by atoms with Crippen LogP contribution < -0.4 is 5.73 Å². The number of nitrogen functional groups attached to an aromatic ring is 1. The third kappa shape index (κ3) is 2.39. The Morgan fingerprint density at radius 3 is 1.88 bits per heavy atom. The number of fused-ring (bicyclic) bond motifs is 1. The van der Waals surface area contributed by atoms with E-state index in [1.165, 1.54) is 23.3 Å². The first-order valence-electron chi connectivity index (χ1n) is 4.86. The molecule has 80 valence electrons. The molecule has 1 aromatic rings. The van der Waals surface area contributed by atoms with Crippen molar-refractivity contribution >= 4 is 11.7 Å². The van der Waals surface area contributed by atoms with Crippen molar-refractivity contribution in [2.75, 3.05) is 5.73 Å². The summed E-state index contributed by atoms with van der Waals surface area (Å²) in [4.78, 5) is 10.3. The van der Waals surface area contributed by atoms with E-state index in [9.17, 15) is 4.79 Å². The molecule has 0 unspecified atom stereocenters. The normalized spacial score (nSPS) is 10.0. The molecule has 0 atom stereocenters. The number of benzene rings is 2. The van der Waals surface area contributed by atoms with Crippen LogP contribution in [0.15, 0.2) is 48.5 Å². The maximum Gasteiger partial charge on any atom is 0.335 e. The Morgan fingerprint density at radius 1 is 1.00 bits per heavy atom. The van der Waals surface area contributed by atoms with Crippen molar-refractivity contribution < 1.29 is 9.90 Å². The number of carboxylic acid groups (broad SMARTS) is 1. The molecule has 3 N–H and O–H groups in total. The van der Waals surface area contributed by atoms with E-state index in [0.717, 1.165) is 0 Å². The molecule has 3 nitrogen and oxygen atoms in total. The summed E-state index contributed by atoms with van der Waals surface area (Å²) in [6, 6.07) is 14.5. The number of nitrogens with two attached hydrogens (primary N) is 1. The van der Waals surface area contributed by atoms with E-state index in [0.29, 0.717) is 5.69 Å². The molecule has 0 radical (unpaired) electrons. The van der Waals surface area contributed by atoms with E-state index in [4.69, 9.17) is 10.8 Å². The van der Waals surface area contributed by atoms with Gasteiger partial charge in [0.25, 0.3) is 0 Å². The highest BCUT2D eigenvalue weighted by molar-refractivity contribution is 5.87. The third-order valence-corrected chi connectivity index (χ3v) is 2.27. The summed E-state index contributed by atoms with van der Waals surface area (Å²) in [5.41, 5.74) is 9.02. The molecule has 0 aromatic heterocycles. The molecule has 0 spiro atoms. The van der Waals surface area contributed by atoms with Crippen molar-refractivity contribution in [1.29, 1.82) is 0 Å². The minimum Gasteiger partial charge on any atom is -0.478 e. The summed E-state index contributed by atoms with van der Waals surface area (Å²) in [5.74, 6) is -0.931. The lowest BCUT2D eigenvalue weighted by atomic mass is 10.2. The molecule has 0 aliphatic heterocycles. The molecular weight excluding hydrogens is 202 g/mol. The molecule has 2 aliphatic carbocycles. The third-order valence-electron chi connectivity index (χ3n) is 2.27. The molecule has 16 heavy (non-hydrogen) atoms. The predicted octanol–water partition coefficient (Wildman–Crippen LogP) is 2.63. The molecule has 0 heterocycles. The van der Waals surface area contributed by atoms with E-state index < -0.39 is 5.97 Å². The summed E-state index contributed by atoms with van der Waals surface area (Å²) >= 11 is 0. The second-order valence-corrected chi connectivity index (χ2v) is 3.51.